The van der Waals surface area contributed by atoms with Crippen LogP contribution in [-0.2, 0) is 4.79 Å². The average molecular weight is 367 g/mol. The van der Waals surface area contributed by atoms with Gasteiger partial charge in [-0.3, -0.25) is 14.4 Å². The molecule has 6 nitrogen and oxygen atoms in total. The van der Waals surface area contributed by atoms with Crippen molar-refractivity contribution in [3.63, 3.8) is 0 Å². The smallest absolute Gasteiger partial charge is 0.255 e. The van der Waals surface area contributed by atoms with E-state index in [0.29, 0.717) is 22.5 Å². The Hall–Kier alpha value is -3.15. The van der Waals surface area contributed by atoms with Gasteiger partial charge in [0.15, 0.2) is 0 Å². The summed E-state index contributed by atoms with van der Waals surface area (Å²) in [6, 6.07) is 13.5. The summed E-state index contributed by atoms with van der Waals surface area (Å²) < 4.78 is 0. The molecule has 0 atom stereocenters. The third-order valence-corrected chi connectivity index (χ3v) is 3.84. The molecule has 2 N–H and O–H groups in total. The molecule has 0 unspecified atom stereocenters. The maximum absolute atomic E-state index is 12.5. The minimum Gasteiger partial charge on any atom is -0.345 e. The van der Waals surface area contributed by atoms with Gasteiger partial charge in [0.25, 0.3) is 11.8 Å². The van der Waals surface area contributed by atoms with Crippen molar-refractivity contribution in [1.29, 1.82) is 0 Å². The Labute approximate surface area is 159 Å². The van der Waals surface area contributed by atoms with Crippen molar-refractivity contribution < 1.29 is 14.4 Å². The van der Waals surface area contributed by atoms with Crippen LogP contribution in [0, 0.1) is 5.41 Å². The first-order chi connectivity index (χ1) is 12.6. The number of anilines is 2. The van der Waals surface area contributed by atoms with E-state index in [-0.39, 0.29) is 17.7 Å². The summed E-state index contributed by atoms with van der Waals surface area (Å²) in [5.74, 6) is -0.593. The minimum absolute atomic E-state index is 0.130. The maximum atomic E-state index is 12.5. The molecule has 3 amide bonds. The van der Waals surface area contributed by atoms with Crippen LogP contribution in [0.3, 0.4) is 0 Å². The standard InChI is InChI=1S/C21H25N3O3/c1-21(2,3)20(27)23-17-11-6-8-14(12-17)18(25)22-16-10-7-9-15(13-16)19(26)24(4)5/h6-13H,1-5H3,(H,22,25)(H,23,27). The van der Waals surface area contributed by atoms with E-state index < -0.39 is 5.41 Å². The molecular formula is C21H25N3O3. The van der Waals surface area contributed by atoms with Crippen molar-refractivity contribution in [2.45, 2.75) is 20.8 Å². The highest BCUT2D eigenvalue weighted by molar-refractivity contribution is 6.06. The van der Waals surface area contributed by atoms with Gasteiger partial charge in [-0.05, 0) is 36.4 Å². The second-order valence-electron chi connectivity index (χ2n) is 7.52. The van der Waals surface area contributed by atoms with Gasteiger partial charge in [-0.25, -0.2) is 0 Å². The molecule has 0 aliphatic heterocycles. The number of hydrogen-bond donors (Lipinski definition) is 2. The van der Waals surface area contributed by atoms with Gasteiger partial charge in [0.05, 0.1) is 0 Å². The first-order valence-corrected chi connectivity index (χ1v) is 8.62. The summed E-state index contributed by atoms with van der Waals surface area (Å²) >= 11 is 0. The first kappa shape index (κ1) is 20.2. The summed E-state index contributed by atoms with van der Waals surface area (Å²) in [5, 5.41) is 5.59. The number of benzene rings is 2. The van der Waals surface area contributed by atoms with E-state index in [1.54, 1.807) is 62.6 Å². The van der Waals surface area contributed by atoms with Gasteiger partial charge < -0.3 is 15.5 Å². The molecule has 0 bridgehead atoms. The number of carbonyl (C=O) groups excluding carboxylic acids is 3. The van der Waals surface area contributed by atoms with Crippen molar-refractivity contribution in [1.82, 2.24) is 4.90 Å². The molecule has 0 aliphatic rings. The van der Waals surface area contributed by atoms with Gasteiger partial charge in [0, 0.05) is 42.0 Å². The Balaban J connectivity index is 2.15. The number of nitrogens with one attached hydrogen (secondary N) is 2. The number of hydrogen-bond acceptors (Lipinski definition) is 3. The largest absolute Gasteiger partial charge is 0.345 e. The number of amides is 3. The predicted octanol–water partition coefficient (Wildman–Crippen LogP) is 3.63. The normalized spacial score (nSPS) is 10.9. The van der Waals surface area contributed by atoms with Crippen molar-refractivity contribution in [3.05, 3.63) is 59.7 Å². The summed E-state index contributed by atoms with van der Waals surface area (Å²) in [4.78, 5) is 38.2. The van der Waals surface area contributed by atoms with E-state index in [9.17, 15) is 14.4 Å². The van der Waals surface area contributed by atoms with E-state index >= 15 is 0 Å². The van der Waals surface area contributed by atoms with Crippen LogP contribution < -0.4 is 10.6 Å². The zero-order valence-corrected chi connectivity index (χ0v) is 16.3. The number of carbonyl (C=O) groups is 3. The van der Waals surface area contributed by atoms with Crippen LogP contribution in [0.4, 0.5) is 11.4 Å². The third kappa shape index (κ3) is 5.41. The molecule has 0 fully saturated rings. The molecule has 142 valence electrons. The molecule has 6 heteroatoms. The van der Waals surface area contributed by atoms with Gasteiger partial charge in [-0.1, -0.05) is 32.9 Å². The van der Waals surface area contributed by atoms with Crippen molar-refractivity contribution in [2.75, 3.05) is 24.7 Å². The molecule has 0 saturated carbocycles. The van der Waals surface area contributed by atoms with Gasteiger partial charge in [0.2, 0.25) is 5.91 Å². The predicted molar refractivity (Wildman–Crippen MR) is 107 cm³/mol. The fourth-order valence-electron chi connectivity index (χ4n) is 2.25. The van der Waals surface area contributed by atoms with Gasteiger partial charge in [-0.15, -0.1) is 0 Å². The lowest BCUT2D eigenvalue weighted by Crippen LogP contribution is -2.27. The van der Waals surface area contributed by atoms with E-state index in [1.165, 1.54) is 4.90 Å². The van der Waals surface area contributed by atoms with Crippen molar-refractivity contribution in [3.8, 4) is 0 Å². The highest BCUT2D eigenvalue weighted by Gasteiger charge is 2.21. The highest BCUT2D eigenvalue weighted by atomic mass is 16.2. The Morgan fingerprint density at radius 3 is 1.89 bits per heavy atom. The SMILES string of the molecule is CN(C)C(=O)c1cccc(NC(=O)c2cccc(NC(=O)C(C)(C)C)c2)c1. The molecule has 0 radical (unpaired) electrons. The lowest BCUT2D eigenvalue weighted by molar-refractivity contribution is -0.123. The Morgan fingerprint density at radius 1 is 0.815 bits per heavy atom. The molecular weight excluding hydrogens is 342 g/mol. The van der Waals surface area contributed by atoms with Crippen LogP contribution in [0.1, 0.15) is 41.5 Å². The summed E-state index contributed by atoms with van der Waals surface area (Å²) in [6.45, 7) is 5.46. The van der Waals surface area contributed by atoms with Crippen LogP contribution in [0.2, 0.25) is 0 Å². The van der Waals surface area contributed by atoms with Crippen molar-refractivity contribution >= 4 is 29.1 Å². The molecule has 0 aliphatic carbocycles. The molecule has 0 saturated heterocycles. The van der Waals surface area contributed by atoms with Crippen molar-refractivity contribution in [2.24, 2.45) is 5.41 Å². The Kier molecular flexibility index (Phi) is 6.00. The molecule has 0 heterocycles. The summed E-state index contributed by atoms with van der Waals surface area (Å²) in [5.41, 5.74) is 1.45. The van der Waals surface area contributed by atoms with Gasteiger partial charge >= 0.3 is 0 Å². The van der Waals surface area contributed by atoms with E-state index in [1.807, 2.05) is 20.8 Å². The maximum Gasteiger partial charge on any atom is 0.255 e. The molecule has 2 aromatic rings. The average Bonchev–Trinajstić information content (AvgIpc) is 2.60. The summed E-state index contributed by atoms with van der Waals surface area (Å²) in [6.07, 6.45) is 0. The fourth-order valence-corrected chi connectivity index (χ4v) is 2.25. The highest BCUT2D eigenvalue weighted by Crippen LogP contribution is 2.19. The number of rotatable bonds is 4. The summed E-state index contributed by atoms with van der Waals surface area (Å²) in [7, 11) is 3.34. The minimum atomic E-state index is -0.530. The van der Waals surface area contributed by atoms with E-state index in [2.05, 4.69) is 10.6 Å². The zero-order valence-electron chi connectivity index (χ0n) is 16.3. The van der Waals surface area contributed by atoms with Gasteiger partial charge in [-0.2, -0.15) is 0 Å². The van der Waals surface area contributed by atoms with Crippen LogP contribution in [-0.4, -0.2) is 36.7 Å². The molecule has 0 aromatic heterocycles. The van der Waals surface area contributed by atoms with E-state index in [0.717, 1.165) is 0 Å². The molecule has 0 spiro atoms. The third-order valence-electron chi connectivity index (χ3n) is 3.84. The topological polar surface area (TPSA) is 78.5 Å². The quantitative estimate of drug-likeness (QED) is 0.866. The molecule has 2 rings (SSSR count). The molecule has 2 aromatic carbocycles. The fraction of sp³-hybridized carbons (Fsp3) is 0.286. The van der Waals surface area contributed by atoms with E-state index in [4.69, 9.17) is 0 Å². The van der Waals surface area contributed by atoms with Crippen LogP contribution in [0.25, 0.3) is 0 Å². The Morgan fingerprint density at radius 2 is 1.33 bits per heavy atom. The lowest BCUT2D eigenvalue weighted by atomic mass is 9.95. The lowest BCUT2D eigenvalue weighted by Gasteiger charge is -2.18. The first-order valence-electron chi connectivity index (χ1n) is 8.62. The molecule has 27 heavy (non-hydrogen) atoms. The van der Waals surface area contributed by atoms with Crippen LogP contribution in [0.15, 0.2) is 48.5 Å². The Bertz CT molecular complexity index is 867. The van der Waals surface area contributed by atoms with Gasteiger partial charge in [0.1, 0.15) is 0 Å². The second kappa shape index (κ2) is 8.03. The second-order valence-corrected chi connectivity index (χ2v) is 7.52. The number of nitrogens with zero attached hydrogens (tertiary/aromatic N) is 1. The monoisotopic (exact) mass is 367 g/mol. The van der Waals surface area contributed by atoms with Crippen LogP contribution in [0.5, 0.6) is 0 Å². The zero-order chi connectivity index (χ0) is 20.2. The van der Waals surface area contributed by atoms with Crippen LogP contribution >= 0.6 is 0 Å².